The number of nitrogens with one attached hydrogen (secondary N) is 1. The highest BCUT2D eigenvalue weighted by molar-refractivity contribution is 5.96. The molecule has 27 heavy (non-hydrogen) atoms. The number of aldehydes is 1. The largest absolute Gasteiger partial charge is 0.483 e. The van der Waals surface area contributed by atoms with Crippen molar-refractivity contribution in [2.45, 2.75) is 20.8 Å². The van der Waals surface area contributed by atoms with Gasteiger partial charge in [0.05, 0.1) is 12.1 Å². The van der Waals surface area contributed by atoms with E-state index in [2.05, 4.69) is 5.32 Å². The van der Waals surface area contributed by atoms with Crippen molar-refractivity contribution in [1.29, 1.82) is 0 Å². The Hall–Kier alpha value is -3.15. The number of amides is 2. The molecule has 0 saturated heterocycles. The minimum atomic E-state index is -0.358. The lowest BCUT2D eigenvalue weighted by Gasteiger charge is -2.19. The second-order valence-corrected chi connectivity index (χ2v) is 6.52. The van der Waals surface area contributed by atoms with Gasteiger partial charge in [0.15, 0.2) is 12.9 Å². The molecular weight excluding hydrogens is 344 g/mol. The molecule has 2 aromatic carbocycles. The smallest absolute Gasteiger partial charge is 0.260 e. The van der Waals surface area contributed by atoms with Crippen molar-refractivity contribution in [2.75, 3.05) is 25.5 Å². The average Bonchev–Trinajstić information content (AvgIpc) is 2.62. The van der Waals surface area contributed by atoms with Gasteiger partial charge in [-0.15, -0.1) is 0 Å². The summed E-state index contributed by atoms with van der Waals surface area (Å²) in [5.41, 5.74) is 4.22. The fraction of sp³-hybridized carbons (Fsp3) is 0.286. The van der Waals surface area contributed by atoms with Crippen LogP contribution in [-0.4, -0.2) is 43.2 Å². The lowest BCUT2D eigenvalue weighted by Crippen LogP contribution is -2.37. The molecule has 0 fully saturated rings. The van der Waals surface area contributed by atoms with Crippen LogP contribution in [0.2, 0.25) is 0 Å². The number of hydrogen-bond donors (Lipinski definition) is 1. The van der Waals surface area contributed by atoms with Crippen LogP contribution in [0.4, 0.5) is 5.69 Å². The number of rotatable bonds is 7. The lowest BCUT2D eigenvalue weighted by atomic mass is 10.1. The molecule has 1 N–H and O–H groups in total. The predicted molar refractivity (Wildman–Crippen MR) is 104 cm³/mol. The lowest BCUT2D eigenvalue weighted by molar-refractivity contribution is -0.135. The normalized spacial score (nSPS) is 10.2. The summed E-state index contributed by atoms with van der Waals surface area (Å²) >= 11 is 0. The van der Waals surface area contributed by atoms with E-state index >= 15 is 0 Å². The average molecular weight is 368 g/mol. The first-order valence-corrected chi connectivity index (χ1v) is 8.60. The van der Waals surface area contributed by atoms with Crippen LogP contribution in [0, 0.1) is 20.8 Å². The standard InChI is InChI=1S/C21H24N2O4/c1-14-9-15(2)21(16(3)10-14)22-19(25)11-23(4)20(26)13-27-18-8-6-5-7-17(18)12-24/h5-10,12H,11,13H2,1-4H3,(H,22,25). The van der Waals surface area contributed by atoms with Crippen LogP contribution >= 0.6 is 0 Å². The van der Waals surface area contributed by atoms with E-state index in [1.807, 2.05) is 32.9 Å². The van der Waals surface area contributed by atoms with Crippen molar-refractivity contribution in [3.8, 4) is 5.75 Å². The Morgan fingerprint density at radius 2 is 1.74 bits per heavy atom. The van der Waals surface area contributed by atoms with Gasteiger partial charge < -0.3 is 15.0 Å². The topological polar surface area (TPSA) is 75.7 Å². The second kappa shape index (κ2) is 8.98. The van der Waals surface area contributed by atoms with Crippen LogP contribution in [0.25, 0.3) is 0 Å². The Morgan fingerprint density at radius 3 is 2.37 bits per heavy atom. The maximum atomic E-state index is 12.3. The monoisotopic (exact) mass is 368 g/mol. The molecule has 0 unspecified atom stereocenters. The van der Waals surface area contributed by atoms with Crippen LogP contribution in [0.15, 0.2) is 36.4 Å². The van der Waals surface area contributed by atoms with Gasteiger partial charge in [-0.2, -0.15) is 0 Å². The molecule has 6 nitrogen and oxygen atoms in total. The van der Waals surface area contributed by atoms with E-state index in [0.717, 1.165) is 22.4 Å². The molecule has 6 heteroatoms. The zero-order chi connectivity index (χ0) is 20.0. The maximum Gasteiger partial charge on any atom is 0.260 e. The fourth-order valence-corrected chi connectivity index (χ4v) is 2.82. The summed E-state index contributed by atoms with van der Waals surface area (Å²) in [7, 11) is 1.53. The van der Waals surface area contributed by atoms with E-state index in [0.29, 0.717) is 17.6 Å². The second-order valence-electron chi connectivity index (χ2n) is 6.52. The molecule has 2 amide bonds. The summed E-state index contributed by atoms with van der Waals surface area (Å²) < 4.78 is 5.41. The Balaban J connectivity index is 1.92. The van der Waals surface area contributed by atoms with Crippen LogP contribution < -0.4 is 10.1 Å². The van der Waals surface area contributed by atoms with Gasteiger partial charge in [0.1, 0.15) is 5.75 Å². The molecule has 0 atom stereocenters. The third-order valence-corrected chi connectivity index (χ3v) is 4.15. The van der Waals surface area contributed by atoms with E-state index in [-0.39, 0.29) is 25.0 Å². The number of carbonyl (C=O) groups excluding carboxylic acids is 3. The number of carbonyl (C=O) groups is 3. The molecule has 2 aromatic rings. The van der Waals surface area contributed by atoms with E-state index in [1.165, 1.54) is 11.9 Å². The highest BCUT2D eigenvalue weighted by Gasteiger charge is 2.16. The van der Waals surface area contributed by atoms with E-state index < -0.39 is 0 Å². The number of aryl methyl sites for hydroxylation is 3. The molecule has 0 aromatic heterocycles. The van der Waals surface area contributed by atoms with Crippen molar-refractivity contribution in [2.24, 2.45) is 0 Å². The first-order chi connectivity index (χ1) is 12.8. The third kappa shape index (κ3) is 5.41. The zero-order valence-electron chi connectivity index (χ0n) is 16.0. The molecule has 0 aliphatic rings. The summed E-state index contributed by atoms with van der Waals surface area (Å²) in [6, 6.07) is 10.6. The number of anilines is 1. The van der Waals surface area contributed by atoms with Crippen molar-refractivity contribution in [3.63, 3.8) is 0 Å². The maximum absolute atomic E-state index is 12.3. The van der Waals surface area contributed by atoms with Gasteiger partial charge in [0.25, 0.3) is 5.91 Å². The summed E-state index contributed by atoms with van der Waals surface area (Å²) in [6.07, 6.45) is 0.670. The highest BCUT2D eigenvalue weighted by Crippen LogP contribution is 2.21. The molecule has 0 radical (unpaired) electrons. The summed E-state index contributed by atoms with van der Waals surface area (Å²) in [6.45, 7) is 5.52. The highest BCUT2D eigenvalue weighted by atomic mass is 16.5. The van der Waals surface area contributed by atoms with Crippen molar-refractivity contribution in [1.82, 2.24) is 4.90 Å². The minimum Gasteiger partial charge on any atom is -0.483 e. The van der Waals surface area contributed by atoms with Gasteiger partial charge in [-0.05, 0) is 44.0 Å². The SMILES string of the molecule is Cc1cc(C)c(NC(=O)CN(C)C(=O)COc2ccccc2C=O)c(C)c1. The van der Waals surface area contributed by atoms with Crippen LogP contribution in [0.1, 0.15) is 27.0 Å². The van der Waals surface area contributed by atoms with Gasteiger partial charge in [-0.1, -0.05) is 29.8 Å². The van der Waals surface area contributed by atoms with Gasteiger partial charge in [0.2, 0.25) is 5.91 Å². The molecule has 0 heterocycles. The quantitative estimate of drug-likeness (QED) is 0.763. The number of hydrogen-bond acceptors (Lipinski definition) is 4. The van der Waals surface area contributed by atoms with Gasteiger partial charge in [-0.25, -0.2) is 0 Å². The molecule has 0 bridgehead atoms. The minimum absolute atomic E-state index is 0.0930. The Labute approximate surface area is 159 Å². The van der Waals surface area contributed by atoms with Crippen molar-refractivity contribution >= 4 is 23.8 Å². The summed E-state index contributed by atoms with van der Waals surface area (Å²) in [4.78, 5) is 36.8. The number of likely N-dealkylation sites (N-methyl/N-ethyl adjacent to an activating group) is 1. The first-order valence-electron chi connectivity index (χ1n) is 8.60. The van der Waals surface area contributed by atoms with Crippen molar-refractivity contribution in [3.05, 3.63) is 58.7 Å². The van der Waals surface area contributed by atoms with Crippen LogP contribution in [0.3, 0.4) is 0 Å². The molecule has 2 rings (SSSR count). The number of para-hydroxylation sites is 1. The third-order valence-electron chi connectivity index (χ3n) is 4.15. The zero-order valence-corrected chi connectivity index (χ0v) is 16.0. The van der Waals surface area contributed by atoms with E-state index in [9.17, 15) is 14.4 Å². The summed E-state index contributed by atoms with van der Waals surface area (Å²) in [5.74, 6) is -0.304. The molecule has 0 aliphatic carbocycles. The predicted octanol–water partition coefficient (Wildman–Crippen LogP) is 2.90. The molecular formula is C21H24N2O4. The van der Waals surface area contributed by atoms with Gasteiger partial charge >= 0.3 is 0 Å². The van der Waals surface area contributed by atoms with Gasteiger partial charge in [-0.3, -0.25) is 14.4 Å². The fourth-order valence-electron chi connectivity index (χ4n) is 2.82. The van der Waals surface area contributed by atoms with E-state index in [4.69, 9.17) is 4.74 Å². The van der Waals surface area contributed by atoms with E-state index in [1.54, 1.807) is 24.3 Å². The molecule has 0 saturated carbocycles. The van der Waals surface area contributed by atoms with Gasteiger partial charge in [0, 0.05) is 12.7 Å². The molecule has 0 spiro atoms. The Bertz CT molecular complexity index is 838. The van der Waals surface area contributed by atoms with Crippen LogP contribution in [0.5, 0.6) is 5.75 Å². The molecule has 0 aliphatic heterocycles. The number of benzene rings is 2. The molecule has 142 valence electrons. The number of ether oxygens (including phenoxy) is 1. The number of nitrogens with zero attached hydrogens (tertiary/aromatic N) is 1. The van der Waals surface area contributed by atoms with Crippen molar-refractivity contribution < 1.29 is 19.1 Å². The first kappa shape index (κ1) is 20.2. The van der Waals surface area contributed by atoms with Crippen LogP contribution in [-0.2, 0) is 9.59 Å². The Morgan fingerprint density at radius 1 is 1.11 bits per heavy atom. The Kier molecular flexibility index (Phi) is 6.71. The summed E-state index contributed by atoms with van der Waals surface area (Å²) in [5, 5.41) is 2.86.